The highest BCUT2D eigenvalue weighted by atomic mass is 32.2. The van der Waals surface area contributed by atoms with E-state index in [0.29, 0.717) is 30.3 Å². The highest BCUT2D eigenvalue weighted by Gasteiger charge is 2.68. The molecule has 50 heavy (non-hydrogen) atoms. The van der Waals surface area contributed by atoms with Crippen molar-refractivity contribution in [3.63, 3.8) is 0 Å². The highest BCUT2D eigenvalue weighted by Crippen LogP contribution is 2.65. The lowest BCUT2D eigenvalue weighted by molar-refractivity contribution is -0.163. The summed E-state index contributed by atoms with van der Waals surface area (Å²) in [5.74, 6) is -1.18. The molecule has 0 spiro atoms. The van der Waals surface area contributed by atoms with E-state index in [1.807, 2.05) is 48.5 Å². The number of thioether (sulfide) groups is 1. The van der Waals surface area contributed by atoms with E-state index in [9.17, 15) is 23.7 Å². The standard InChI is InChI=1S/C40H70O8S2/c1-13-21-30-39(38(10,11)12,26-32(42)46-24-19-15-17-22-28(3)4)35(44)34(37(7,8)9)36(50-45)40(30,48-31(41)14-2)49-27-33(43)47-25-20-16-18-23-29(5)6/h28-30,44H,13-27H2,1-12H3. The Morgan fingerprint density at radius 1 is 0.800 bits per heavy atom. The summed E-state index contributed by atoms with van der Waals surface area (Å²) < 4.78 is 31.3. The molecule has 8 nitrogen and oxygen atoms in total. The molecular weight excluding hydrogens is 673 g/mol. The molecule has 0 fully saturated rings. The molecule has 0 saturated carbocycles. The van der Waals surface area contributed by atoms with Gasteiger partial charge in [0.25, 0.3) is 0 Å². The first-order valence-electron chi connectivity index (χ1n) is 19.0. The summed E-state index contributed by atoms with van der Waals surface area (Å²) in [5.41, 5.74) is -2.52. The van der Waals surface area contributed by atoms with E-state index >= 15 is 0 Å². The van der Waals surface area contributed by atoms with E-state index in [1.54, 1.807) is 6.92 Å². The van der Waals surface area contributed by atoms with E-state index < -0.39 is 45.0 Å². The third-order valence-electron chi connectivity index (χ3n) is 9.77. The van der Waals surface area contributed by atoms with Gasteiger partial charge >= 0.3 is 17.9 Å². The molecule has 10 heteroatoms. The fraction of sp³-hybridized carbons (Fsp3) is 0.850. The first-order valence-corrected chi connectivity index (χ1v) is 20.8. The van der Waals surface area contributed by atoms with Crippen LogP contribution < -0.4 is 0 Å². The summed E-state index contributed by atoms with van der Waals surface area (Å²) >= 11 is 1.26. The number of hydrogen-bond donors (Lipinski definition) is 1. The van der Waals surface area contributed by atoms with Gasteiger partial charge in [-0.1, -0.05) is 140 Å². The Hall–Kier alpha value is -1.81. The summed E-state index contributed by atoms with van der Waals surface area (Å²) in [6, 6.07) is 0. The Balaban J connectivity index is 3.78. The van der Waals surface area contributed by atoms with Gasteiger partial charge in [0.15, 0.2) is 4.93 Å². The topological polar surface area (TPSA) is 116 Å². The second-order valence-corrected chi connectivity index (χ2v) is 18.6. The van der Waals surface area contributed by atoms with Crippen LogP contribution in [-0.2, 0) is 39.8 Å². The second-order valence-electron chi connectivity index (χ2n) is 16.8. The number of unbranched alkanes of at least 4 members (excludes halogenated alkanes) is 4. The highest BCUT2D eigenvalue weighted by molar-refractivity contribution is 8.02. The number of ether oxygens (including phenoxy) is 3. The van der Waals surface area contributed by atoms with Crippen LogP contribution in [0.15, 0.2) is 11.3 Å². The zero-order valence-corrected chi connectivity index (χ0v) is 35.1. The first-order chi connectivity index (χ1) is 23.2. The van der Waals surface area contributed by atoms with E-state index in [-0.39, 0.29) is 53.7 Å². The number of aliphatic hydroxyl groups is 1. The predicted molar refractivity (Wildman–Crippen MR) is 207 cm³/mol. The molecule has 0 aromatic rings. The summed E-state index contributed by atoms with van der Waals surface area (Å²) in [7, 11) is 0. The number of hydrogen-bond acceptors (Lipinski definition) is 9. The molecule has 0 radical (unpaired) electrons. The van der Waals surface area contributed by atoms with Gasteiger partial charge in [0.1, 0.15) is 10.6 Å². The van der Waals surface area contributed by atoms with Crippen molar-refractivity contribution < 1.29 is 37.9 Å². The van der Waals surface area contributed by atoms with Gasteiger partial charge in [-0.2, -0.15) is 0 Å². The molecular formula is C40H70O8S2. The maximum Gasteiger partial charge on any atom is 0.316 e. The molecule has 0 bridgehead atoms. The molecule has 1 aliphatic rings. The Morgan fingerprint density at radius 2 is 1.32 bits per heavy atom. The molecule has 0 aromatic carbocycles. The van der Waals surface area contributed by atoms with Crippen molar-refractivity contribution in [1.82, 2.24) is 0 Å². The van der Waals surface area contributed by atoms with E-state index in [4.69, 9.17) is 14.2 Å². The summed E-state index contributed by atoms with van der Waals surface area (Å²) in [6.07, 6.45) is 8.65. The maximum atomic E-state index is 13.9. The van der Waals surface area contributed by atoms with Crippen molar-refractivity contribution >= 4 is 45.8 Å². The van der Waals surface area contributed by atoms with Crippen LogP contribution in [0.4, 0.5) is 0 Å². The van der Waals surface area contributed by atoms with Crippen molar-refractivity contribution in [2.75, 3.05) is 19.0 Å². The van der Waals surface area contributed by atoms with Crippen molar-refractivity contribution in [3.8, 4) is 0 Å². The second kappa shape index (κ2) is 21.0. The van der Waals surface area contributed by atoms with Gasteiger partial charge in [0.05, 0.1) is 42.1 Å². The minimum atomic E-state index is -1.66. The Morgan fingerprint density at radius 3 is 1.74 bits per heavy atom. The largest absolute Gasteiger partial charge is 0.511 e. The Bertz CT molecular complexity index is 1190. The van der Waals surface area contributed by atoms with Gasteiger partial charge in [-0.05, 0) is 41.9 Å². The van der Waals surface area contributed by atoms with Crippen molar-refractivity contribution in [2.45, 2.75) is 165 Å². The van der Waals surface area contributed by atoms with Gasteiger partial charge in [-0.15, -0.1) is 0 Å². The van der Waals surface area contributed by atoms with Crippen LogP contribution in [0.5, 0.6) is 0 Å². The van der Waals surface area contributed by atoms with E-state index in [0.717, 1.165) is 63.1 Å². The molecule has 3 unspecified atom stereocenters. The Kier molecular flexibility index (Phi) is 19.4. The van der Waals surface area contributed by atoms with Gasteiger partial charge < -0.3 is 19.3 Å². The molecule has 1 aliphatic carbocycles. The lowest BCUT2D eigenvalue weighted by atomic mass is 9.50. The lowest BCUT2D eigenvalue weighted by Gasteiger charge is -2.59. The third kappa shape index (κ3) is 12.7. The van der Waals surface area contributed by atoms with Crippen molar-refractivity contribution in [3.05, 3.63) is 11.3 Å². The quantitative estimate of drug-likeness (QED) is 0.0403. The van der Waals surface area contributed by atoms with Gasteiger partial charge in [-0.3, -0.25) is 14.4 Å². The van der Waals surface area contributed by atoms with E-state index in [1.165, 1.54) is 0 Å². The lowest BCUT2D eigenvalue weighted by Crippen LogP contribution is -2.63. The van der Waals surface area contributed by atoms with Crippen LogP contribution in [0, 0.1) is 34.0 Å². The molecule has 3 atom stereocenters. The van der Waals surface area contributed by atoms with Crippen LogP contribution in [0.25, 0.3) is 0 Å². The first kappa shape index (κ1) is 46.2. The summed E-state index contributed by atoms with van der Waals surface area (Å²) in [5, 5.41) is 12.6. The number of carbonyl (C=O) groups excluding carboxylic acids is 3. The van der Waals surface area contributed by atoms with Crippen molar-refractivity contribution in [1.29, 1.82) is 0 Å². The van der Waals surface area contributed by atoms with Gasteiger partial charge in [-0.25, -0.2) is 4.21 Å². The van der Waals surface area contributed by atoms with Gasteiger partial charge in [0, 0.05) is 17.9 Å². The number of carbonyl (C=O) groups is 3. The molecule has 1 rings (SSSR count). The Labute approximate surface area is 312 Å². The smallest absolute Gasteiger partial charge is 0.316 e. The molecule has 0 saturated heterocycles. The van der Waals surface area contributed by atoms with Crippen LogP contribution in [0.2, 0.25) is 0 Å². The number of esters is 3. The normalized spacial score (nSPS) is 21.5. The molecule has 0 amide bonds. The summed E-state index contributed by atoms with van der Waals surface area (Å²) in [4.78, 5) is 39.1. The van der Waals surface area contributed by atoms with Crippen LogP contribution in [-0.4, -0.2) is 56.0 Å². The van der Waals surface area contributed by atoms with Crippen molar-refractivity contribution in [2.24, 2.45) is 34.0 Å². The average Bonchev–Trinajstić information content (AvgIpc) is 3.00. The fourth-order valence-corrected chi connectivity index (χ4v) is 9.48. The van der Waals surface area contributed by atoms with Crippen LogP contribution in [0.1, 0.15) is 160 Å². The molecule has 0 aromatic heterocycles. The molecule has 290 valence electrons. The third-order valence-corrected chi connectivity index (χ3v) is 11.9. The maximum absolute atomic E-state index is 13.9. The fourth-order valence-electron chi connectivity index (χ4n) is 7.10. The minimum Gasteiger partial charge on any atom is -0.511 e. The number of allylic oxidation sites excluding steroid dienone is 1. The zero-order valence-electron chi connectivity index (χ0n) is 33.5. The van der Waals surface area contributed by atoms with Crippen LogP contribution in [0.3, 0.4) is 0 Å². The average molecular weight is 743 g/mol. The van der Waals surface area contributed by atoms with Gasteiger partial charge in [0.2, 0.25) is 0 Å². The monoisotopic (exact) mass is 742 g/mol. The number of aliphatic hydroxyl groups excluding tert-OH is 1. The van der Waals surface area contributed by atoms with E-state index in [2.05, 4.69) is 27.7 Å². The molecule has 0 aliphatic heterocycles. The SMILES string of the molecule is CCCC1C(OC(=O)CC)(SCC(=O)OCCCCCC(C)C)C(=S=O)C(C(C)(C)C)=C(O)C1(CC(=O)OCCCCCC(C)C)C(C)(C)C. The predicted octanol–water partition coefficient (Wildman–Crippen LogP) is 9.98. The molecule has 0 heterocycles. The minimum absolute atomic E-state index is 0.0424. The molecule has 1 N–H and O–H groups in total. The summed E-state index contributed by atoms with van der Waals surface area (Å²) in [6.45, 7) is 24.6. The zero-order chi connectivity index (χ0) is 38.3. The van der Waals surface area contributed by atoms with Crippen LogP contribution >= 0.6 is 11.8 Å². The number of rotatable bonds is 21.